The van der Waals surface area contributed by atoms with Crippen LogP contribution in [0.1, 0.15) is 10.5 Å². The number of hydrogen-bond donors (Lipinski definition) is 0. The molecular weight excluding hydrogens is 198 g/mol. The Morgan fingerprint density at radius 2 is 2.17 bits per heavy atom. The predicted molar refractivity (Wildman–Crippen MR) is 43.3 cm³/mol. The summed E-state index contributed by atoms with van der Waals surface area (Å²) in [7, 11) is -3.13. The van der Waals surface area contributed by atoms with E-state index >= 15 is 0 Å². The summed E-state index contributed by atoms with van der Waals surface area (Å²) in [6.07, 6.45) is 1.40. The minimum absolute atomic E-state index is 0.0278. The molecule has 1 aliphatic heterocycles. The third kappa shape index (κ3) is 0.953. The lowest BCUT2D eigenvalue weighted by atomic mass is 10.4. The Hall–Kier alpha value is -0.880. The Balaban J connectivity index is 2.83. The predicted octanol–water partition coefficient (Wildman–Crippen LogP) is 0.657. The third-order valence-corrected chi connectivity index (χ3v) is 4.50. The molecule has 1 aliphatic rings. The molecule has 0 aromatic carbocycles. The van der Waals surface area contributed by atoms with E-state index in [1.165, 1.54) is 18.3 Å². The summed E-state index contributed by atoms with van der Waals surface area (Å²) in [5.41, 5.74) is 0.0440. The first-order valence-corrected chi connectivity index (χ1v) is 5.87. The Bertz CT molecular complexity index is 452. The number of aromatic nitrogens is 1. The second-order valence-electron chi connectivity index (χ2n) is 2.18. The average Bonchev–Trinajstić information content (AvgIpc) is 2.25. The molecular formula is C6H3NO3S2. The molecule has 12 heavy (non-hydrogen) atoms. The van der Waals surface area contributed by atoms with Gasteiger partial charge in [-0.1, -0.05) is 0 Å². The molecule has 62 valence electrons. The molecule has 6 heteroatoms. The second kappa shape index (κ2) is 2.30. The average molecular weight is 201 g/mol. The van der Waals surface area contributed by atoms with Crippen LogP contribution in [-0.4, -0.2) is 18.5 Å². The van der Waals surface area contributed by atoms with Gasteiger partial charge in [-0.15, -0.1) is 0 Å². The van der Waals surface area contributed by atoms with Gasteiger partial charge >= 0.3 is 0 Å². The van der Waals surface area contributed by atoms with Crippen LogP contribution < -0.4 is 0 Å². The Kier molecular flexibility index (Phi) is 1.49. The number of carbonyl (C=O) groups is 1. The van der Waals surface area contributed by atoms with Gasteiger partial charge in [0, 0.05) is 6.20 Å². The van der Waals surface area contributed by atoms with Gasteiger partial charge in [-0.2, -0.15) is 0 Å². The number of pyridine rings is 1. The third-order valence-electron chi connectivity index (χ3n) is 1.42. The first-order chi connectivity index (χ1) is 5.61. The lowest BCUT2D eigenvalue weighted by Crippen LogP contribution is -1.92. The molecule has 0 atom stereocenters. The summed E-state index contributed by atoms with van der Waals surface area (Å²) < 4.78 is 22.3. The molecule has 0 amide bonds. The highest BCUT2D eigenvalue weighted by Crippen LogP contribution is 2.35. The van der Waals surface area contributed by atoms with Gasteiger partial charge < -0.3 is 0 Å². The highest BCUT2D eigenvalue weighted by molar-refractivity contribution is 8.78. The molecule has 0 unspecified atom stereocenters. The topological polar surface area (TPSA) is 64.1 Å². The van der Waals surface area contributed by atoms with Crippen LogP contribution in [0.2, 0.25) is 0 Å². The molecule has 2 heterocycles. The monoisotopic (exact) mass is 201 g/mol. The normalized spacial score (nSPS) is 19.2. The quantitative estimate of drug-likeness (QED) is 0.577. The molecule has 0 aliphatic carbocycles. The van der Waals surface area contributed by atoms with Crippen molar-refractivity contribution in [3.8, 4) is 0 Å². The van der Waals surface area contributed by atoms with Crippen molar-refractivity contribution in [2.45, 2.75) is 4.90 Å². The van der Waals surface area contributed by atoms with Gasteiger partial charge in [0.15, 0.2) is 0 Å². The molecule has 0 saturated carbocycles. The van der Waals surface area contributed by atoms with E-state index in [4.69, 9.17) is 0 Å². The highest BCUT2D eigenvalue weighted by atomic mass is 33.1. The summed E-state index contributed by atoms with van der Waals surface area (Å²) in [6.45, 7) is 0. The molecule has 0 saturated heterocycles. The number of nitrogens with zero attached hydrogens (tertiary/aromatic N) is 1. The van der Waals surface area contributed by atoms with Crippen molar-refractivity contribution < 1.29 is 13.2 Å². The van der Waals surface area contributed by atoms with Crippen molar-refractivity contribution >= 4 is 24.8 Å². The van der Waals surface area contributed by atoms with Crippen LogP contribution in [0.4, 0.5) is 0 Å². The number of fused-ring (bicyclic) bond motifs is 1. The van der Waals surface area contributed by atoms with Crippen LogP contribution in [0.15, 0.2) is 23.2 Å². The summed E-state index contributed by atoms with van der Waals surface area (Å²) in [4.78, 5) is 14.7. The molecule has 0 radical (unpaired) electrons. The second-order valence-corrected chi connectivity index (χ2v) is 5.88. The summed E-state index contributed by atoms with van der Waals surface area (Å²) >= 11 is 0. The zero-order chi connectivity index (χ0) is 8.77. The molecule has 1 aromatic heterocycles. The molecule has 0 fully saturated rings. The van der Waals surface area contributed by atoms with E-state index in [2.05, 4.69) is 4.98 Å². The van der Waals surface area contributed by atoms with Gasteiger partial charge in [-0.3, -0.25) is 9.78 Å². The Morgan fingerprint density at radius 3 is 2.83 bits per heavy atom. The van der Waals surface area contributed by atoms with Gasteiger partial charge in [-0.25, -0.2) is 8.42 Å². The minimum atomic E-state index is -3.45. The van der Waals surface area contributed by atoms with E-state index < -0.39 is 14.0 Å². The van der Waals surface area contributed by atoms with Crippen LogP contribution in [0.5, 0.6) is 0 Å². The number of carbonyl (C=O) groups excluding carboxylic acids is 1. The van der Waals surface area contributed by atoms with Gasteiger partial charge in [0.05, 0.1) is 10.8 Å². The van der Waals surface area contributed by atoms with Gasteiger partial charge in [-0.05, 0) is 12.1 Å². The van der Waals surface area contributed by atoms with Gasteiger partial charge in [0.1, 0.15) is 10.6 Å². The van der Waals surface area contributed by atoms with Crippen molar-refractivity contribution in [2.24, 2.45) is 0 Å². The first-order valence-electron chi connectivity index (χ1n) is 3.05. The largest absolute Gasteiger partial charge is 0.279 e. The number of hydrogen-bond acceptors (Lipinski definition) is 5. The van der Waals surface area contributed by atoms with Crippen molar-refractivity contribution in [3.63, 3.8) is 0 Å². The number of rotatable bonds is 0. The van der Waals surface area contributed by atoms with Crippen LogP contribution in [0.25, 0.3) is 0 Å². The highest BCUT2D eigenvalue weighted by Gasteiger charge is 2.35. The molecule has 0 bridgehead atoms. The lowest BCUT2D eigenvalue weighted by molar-refractivity contribution is 0.108. The SMILES string of the molecule is O=C1SS(=O)(=O)c2cccnc21. The fraction of sp³-hybridized carbons (Fsp3) is 0. The zero-order valence-corrected chi connectivity index (χ0v) is 7.35. The zero-order valence-electron chi connectivity index (χ0n) is 5.72. The van der Waals surface area contributed by atoms with Crippen LogP contribution in [0, 0.1) is 0 Å². The molecule has 0 N–H and O–H groups in total. The van der Waals surface area contributed by atoms with E-state index in [-0.39, 0.29) is 10.6 Å². The maximum atomic E-state index is 11.2. The van der Waals surface area contributed by atoms with Crippen LogP contribution >= 0.6 is 10.8 Å². The maximum absolute atomic E-state index is 11.2. The van der Waals surface area contributed by atoms with E-state index in [9.17, 15) is 13.2 Å². The molecule has 4 nitrogen and oxygen atoms in total. The van der Waals surface area contributed by atoms with Crippen molar-refractivity contribution in [2.75, 3.05) is 0 Å². The molecule has 2 rings (SSSR count). The van der Waals surface area contributed by atoms with Crippen LogP contribution in [0.3, 0.4) is 0 Å². The Morgan fingerprint density at radius 1 is 1.42 bits per heavy atom. The van der Waals surface area contributed by atoms with E-state index in [0.717, 1.165) is 0 Å². The summed E-state index contributed by atoms with van der Waals surface area (Å²) in [5, 5.41) is -0.495. The maximum Gasteiger partial charge on any atom is 0.254 e. The van der Waals surface area contributed by atoms with E-state index in [1.54, 1.807) is 0 Å². The lowest BCUT2D eigenvalue weighted by Gasteiger charge is -1.90. The molecule has 1 aromatic rings. The first kappa shape index (κ1) is 7.75. The standard InChI is InChI=1S/C6H3NO3S2/c8-6-5-4(2-1-3-7-5)12(9,10)11-6/h1-3H. The smallest absolute Gasteiger partial charge is 0.254 e. The van der Waals surface area contributed by atoms with E-state index in [1.807, 2.05) is 0 Å². The summed E-state index contributed by atoms with van der Waals surface area (Å²) in [6, 6.07) is 2.88. The van der Waals surface area contributed by atoms with Crippen molar-refractivity contribution in [1.29, 1.82) is 0 Å². The fourth-order valence-corrected chi connectivity index (χ4v) is 3.66. The van der Waals surface area contributed by atoms with Crippen molar-refractivity contribution in [1.82, 2.24) is 4.98 Å². The minimum Gasteiger partial charge on any atom is -0.279 e. The van der Waals surface area contributed by atoms with Gasteiger partial charge in [0.25, 0.3) is 5.12 Å². The fourth-order valence-electron chi connectivity index (χ4n) is 0.930. The van der Waals surface area contributed by atoms with Crippen molar-refractivity contribution in [3.05, 3.63) is 24.0 Å². The van der Waals surface area contributed by atoms with E-state index in [0.29, 0.717) is 10.8 Å². The summed E-state index contributed by atoms with van der Waals surface area (Å²) in [5.74, 6) is 0. The molecule has 0 spiro atoms. The van der Waals surface area contributed by atoms with Gasteiger partial charge in [0.2, 0.25) is 8.87 Å². The Labute approximate surface area is 72.3 Å². The van der Waals surface area contributed by atoms with Crippen LogP contribution in [-0.2, 0) is 8.87 Å².